The van der Waals surface area contributed by atoms with E-state index in [1.165, 1.54) is 12.0 Å². The Morgan fingerprint density at radius 3 is 2.27 bits per heavy atom. The Kier molecular flexibility index (Phi) is 8.12. The maximum atomic E-state index is 15.3. The van der Waals surface area contributed by atoms with Gasteiger partial charge in [-0.05, 0) is 73.6 Å². The number of methoxy groups -OCH3 is 1. The van der Waals surface area contributed by atoms with E-state index in [-0.39, 0.29) is 48.4 Å². The van der Waals surface area contributed by atoms with Crippen molar-refractivity contribution >= 4 is 29.3 Å². The largest absolute Gasteiger partial charge is 0.508 e. The number of carbonyl (C=O) groups is 4. The standard InChI is InChI=1S/C42H39N3O7/c1-24-11-15-27(16-12-24)43-45-39(49)33-23-32-29(19-20-30-35(32)40(50)44(38(30)48)22-21-25-13-17-28(46)18-14-25)36(31-9-6-10-34(52-2)37(31)47)42(33,41(45)51)26-7-4-3-5-8-26/h3-19,30,32-33,35-36,43,46-47H,20-23H2,1-2H3/t30-,32+,33-,35-,36+,42+/m0/s1. The number of hydrogen-bond acceptors (Lipinski definition) is 8. The average Bonchev–Trinajstić information content (AvgIpc) is 3.53. The molecular weight excluding hydrogens is 658 g/mol. The fourth-order valence-electron chi connectivity index (χ4n) is 9.22. The van der Waals surface area contributed by atoms with Gasteiger partial charge < -0.3 is 14.9 Å². The molecule has 3 N–H and O–H groups in total. The number of allylic oxidation sites excluding steroid dienone is 2. The van der Waals surface area contributed by atoms with Crippen LogP contribution in [-0.2, 0) is 31.0 Å². The number of aryl methyl sites for hydroxylation is 1. The van der Waals surface area contributed by atoms with E-state index in [4.69, 9.17) is 4.74 Å². The number of para-hydroxylation sites is 1. The summed E-state index contributed by atoms with van der Waals surface area (Å²) in [5, 5.41) is 22.6. The summed E-state index contributed by atoms with van der Waals surface area (Å²) >= 11 is 0. The lowest BCUT2D eigenvalue weighted by Gasteiger charge is -2.50. The molecule has 8 rings (SSSR count). The molecule has 52 heavy (non-hydrogen) atoms. The molecule has 10 heteroatoms. The third-order valence-corrected chi connectivity index (χ3v) is 11.6. The monoisotopic (exact) mass is 697 g/mol. The van der Waals surface area contributed by atoms with Crippen LogP contribution in [0.25, 0.3) is 0 Å². The molecule has 2 aliphatic carbocycles. The lowest BCUT2D eigenvalue weighted by molar-refractivity contribution is -0.141. The number of carbonyl (C=O) groups excluding carboxylic acids is 4. The Morgan fingerprint density at radius 1 is 0.827 bits per heavy atom. The first-order valence-corrected chi connectivity index (χ1v) is 17.6. The second kappa shape index (κ2) is 12.7. The SMILES string of the molecule is COc1cccc([C@H]2C3=CC[C@@H]4C(=O)N(CCc5ccc(O)cc5)C(=O)[C@@H]4[C@@H]3C[C@H]3C(=O)N(Nc4ccc(C)cc4)C(=O)[C@@]23c2ccccc2)c1O. The van der Waals surface area contributed by atoms with Crippen LogP contribution in [0.1, 0.15) is 41.0 Å². The number of fused-ring (bicyclic) bond motifs is 4. The predicted octanol–water partition coefficient (Wildman–Crippen LogP) is 5.64. The fourth-order valence-corrected chi connectivity index (χ4v) is 9.22. The van der Waals surface area contributed by atoms with Crippen molar-refractivity contribution in [2.75, 3.05) is 19.1 Å². The van der Waals surface area contributed by atoms with E-state index < -0.39 is 46.8 Å². The van der Waals surface area contributed by atoms with Crippen LogP contribution in [0, 0.1) is 30.6 Å². The normalized spacial score (nSPS) is 26.5. The molecule has 4 aromatic carbocycles. The van der Waals surface area contributed by atoms with Crippen molar-refractivity contribution < 1.29 is 34.1 Å². The van der Waals surface area contributed by atoms with E-state index in [9.17, 15) is 24.6 Å². The number of anilines is 1. The predicted molar refractivity (Wildman–Crippen MR) is 192 cm³/mol. The van der Waals surface area contributed by atoms with Gasteiger partial charge in [-0.2, -0.15) is 5.01 Å². The van der Waals surface area contributed by atoms with Crippen molar-refractivity contribution in [2.45, 2.75) is 37.5 Å². The van der Waals surface area contributed by atoms with E-state index >= 15 is 4.79 Å². The minimum atomic E-state index is -1.50. The van der Waals surface area contributed by atoms with Gasteiger partial charge in [0.25, 0.3) is 11.8 Å². The van der Waals surface area contributed by atoms with Crippen LogP contribution >= 0.6 is 0 Å². The summed E-state index contributed by atoms with van der Waals surface area (Å²) in [5.74, 6) is -4.96. The summed E-state index contributed by atoms with van der Waals surface area (Å²) in [7, 11) is 1.45. The van der Waals surface area contributed by atoms with Crippen LogP contribution in [0.2, 0.25) is 0 Å². The quantitative estimate of drug-likeness (QED) is 0.159. The number of benzene rings is 4. The molecule has 264 valence electrons. The highest BCUT2D eigenvalue weighted by molar-refractivity contribution is 6.13. The number of ether oxygens (including phenoxy) is 1. The molecule has 4 amide bonds. The summed E-state index contributed by atoms with van der Waals surface area (Å²) in [5.41, 5.74) is 5.83. The topological polar surface area (TPSA) is 136 Å². The molecule has 0 radical (unpaired) electrons. The molecule has 0 bridgehead atoms. The third kappa shape index (κ3) is 4.99. The molecule has 2 saturated heterocycles. The summed E-state index contributed by atoms with van der Waals surface area (Å²) < 4.78 is 5.54. The van der Waals surface area contributed by atoms with Crippen LogP contribution in [0.5, 0.6) is 17.2 Å². The van der Waals surface area contributed by atoms with E-state index in [2.05, 4.69) is 5.43 Å². The van der Waals surface area contributed by atoms with Crippen LogP contribution in [0.4, 0.5) is 5.69 Å². The second-order valence-corrected chi connectivity index (χ2v) is 14.2. The summed E-state index contributed by atoms with van der Waals surface area (Å²) in [4.78, 5) is 59.7. The number of nitrogens with zero attached hydrogens (tertiary/aromatic N) is 2. The smallest absolute Gasteiger partial charge is 0.260 e. The number of aromatic hydroxyl groups is 2. The van der Waals surface area contributed by atoms with E-state index in [0.29, 0.717) is 23.2 Å². The van der Waals surface area contributed by atoms with E-state index in [1.807, 2.05) is 55.5 Å². The Hall–Kier alpha value is -5.90. The number of imide groups is 2. The fraction of sp³-hybridized carbons (Fsp3) is 0.286. The Morgan fingerprint density at radius 2 is 1.56 bits per heavy atom. The molecule has 2 aliphatic heterocycles. The van der Waals surface area contributed by atoms with Gasteiger partial charge in [-0.15, -0.1) is 0 Å². The number of hydrogen-bond donors (Lipinski definition) is 3. The van der Waals surface area contributed by atoms with Crippen molar-refractivity contribution in [1.82, 2.24) is 9.91 Å². The van der Waals surface area contributed by atoms with Crippen LogP contribution in [0.15, 0.2) is 109 Å². The van der Waals surface area contributed by atoms with Gasteiger partial charge in [0.1, 0.15) is 5.75 Å². The Labute approximate surface area is 301 Å². The van der Waals surface area contributed by atoms with Crippen molar-refractivity contribution in [3.63, 3.8) is 0 Å². The van der Waals surface area contributed by atoms with Gasteiger partial charge in [-0.1, -0.05) is 83.9 Å². The summed E-state index contributed by atoms with van der Waals surface area (Å²) in [6.07, 6.45) is 2.83. The molecule has 1 saturated carbocycles. The number of nitrogens with one attached hydrogen (secondary N) is 1. The highest BCUT2D eigenvalue weighted by Gasteiger charge is 2.70. The first kappa shape index (κ1) is 33.3. The first-order valence-electron chi connectivity index (χ1n) is 17.6. The lowest BCUT2D eigenvalue weighted by atomic mass is 9.49. The molecule has 6 atom stereocenters. The van der Waals surface area contributed by atoms with Crippen LogP contribution < -0.4 is 10.2 Å². The van der Waals surface area contributed by atoms with Crippen molar-refractivity contribution in [3.05, 3.63) is 131 Å². The van der Waals surface area contributed by atoms with Gasteiger partial charge >= 0.3 is 0 Å². The first-order chi connectivity index (χ1) is 25.1. The Balaban J connectivity index is 1.26. The van der Waals surface area contributed by atoms with Gasteiger partial charge in [0, 0.05) is 18.0 Å². The van der Waals surface area contributed by atoms with Gasteiger partial charge in [0.05, 0.1) is 36.0 Å². The Bertz CT molecular complexity index is 2110. The minimum absolute atomic E-state index is 0.134. The molecule has 0 aromatic heterocycles. The molecule has 0 unspecified atom stereocenters. The van der Waals surface area contributed by atoms with E-state index in [0.717, 1.165) is 21.7 Å². The molecule has 4 aliphatic rings. The summed E-state index contributed by atoms with van der Waals surface area (Å²) in [6, 6.07) is 28.4. The zero-order valence-corrected chi connectivity index (χ0v) is 28.9. The lowest BCUT2D eigenvalue weighted by Crippen LogP contribution is -2.53. The average molecular weight is 698 g/mol. The molecular formula is C42H39N3O7. The number of hydrazine groups is 1. The number of amides is 4. The molecule has 10 nitrogen and oxygen atoms in total. The van der Waals surface area contributed by atoms with Crippen LogP contribution in [-0.4, -0.2) is 57.4 Å². The van der Waals surface area contributed by atoms with Gasteiger partial charge in [-0.3, -0.25) is 29.5 Å². The third-order valence-electron chi connectivity index (χ3n) is 11.6. The highest BCUT2D eigenvalue weighted by atomic mass is 16.5. The maximum Gasteiger partial charge on any atom is 0.260 e. The number of rotatable bonds is 8. The number of likely N-dealkylation sites (tertiary alicyclic amines) is 1. The molecule has 2 heterocycles. The zero-order valence-electron chi connectivity index (χ0n) is 28.9. The maximum absolute atomic E-state index is 15.3. The van der Waals surface area contributed by atoms with Crippen LogP contribution in [0.3, 0.4) is 0 Å². The zero-order chi connectivity index (χ0) is 36.3. The van der Waals surface area contributed by atoms with Gasteiger partial charge in [0.2, 0.25) is 11.8 Å². The highest BCUT2D eigenvalue weighted by Crippen LogP contribution is 2.65. The summed E-state index contributed by atoms with van der Waals surface area (Å²) in [6.45, 7) is 2.13. The van der Waals surface area contributed by atoms with Crippen molar-refractivity contribution in [2.24, 2.45) is 23.7 Å². The van der Waals surface area contributed by atoms with E-state index in [1.54, 1.807) is 54.6 Å². The minimum Gasteiger partial charge on any atom is -0.508 e. The van der Waals surface area contributed by atoms with Gasteiger partial charge in [-0.25, -0.2) is 0 Å². The molecule has 0 spiro atoms. The number of phenols is 2. The second-order valence-electron chi connectivity index (χ2n) is 14.2. The van der Waals surface area contributed by atoms with Gasteiger partial charge in [0.15, 0.2) is 11.5 Å². The van der Waals surface area contributed by atoms with Crippen molar-refractivity contribution in [3.8, 4) is 17.2 Å². The molecule has 3 fully saturated rings. The molecule has 4 aromatic rings. The van der Waals surface area contributed by atoms with Crippen molar-refractivity contribution in [1.29, 1.82) is 0 Å². The number of phenolic OH excluding ortho intramolecular Hbond substituents is 2.